The Labute approximate surface area is 295 Å². The standard InChI is InChI=1S/C39H46N6O4S/c1-25-10-8-11-26(2)34(25)32-17-33-42-36(41-32)43-50(47,48)31-13-9-12-27(16-31)35(46)45(30(21-49-33)18-37(3,4)5)20-28-14-15-29(19-40-28)44(7)39-22-38(6,23-39)24-39/h8-17,19,30H,18,20-24H2,1-7H3,(H,41,42,43)/t30-,38?,39?/m1/s1. The van der Waals surface area contributed by atoms with Crippen LogP contribution in [0.3, 0.4) is 0 Å². The monoisotopic (exact) mass is 694 g/mol. The van der Waals surface area contributed by atoms with E-state index in [0.717, 1.165) is 28.1 Å². The lowest BCUT2D eigenvalue weighted by atomic mass is 9.39. The lowest BCUT2D eigenvalue weighted by Crippen LogP contribution is -2.73. The fraction of sp³-hybridized carbons (Fsp3) is 0.436. The average molecular weight is 695 g/mol. The summed E-state index contributed by atoms with van der Waals surface area (Å²) < 4.78 is 36.4. The van der Waals surface area contributed by atoms with Crippen molar-refractivity contribution in [2.24, 2.45) is 10.8 Å². The molecule has 2 aromatic heterocycles. The summed E-state index contributed by atoms with van der Waals surface area (Å²) in [6.07, 6.45) is 6.13. The van der Waals surface area contributed by atoms with Gasteiger partial charge in [0.1, 0.15) is 6.61 Å². The molecule has 10 nitrogen and oxygen atoms in total. The van der Waals surface area contributed by atoms with Gasteiger partial charge in [0.05, 0.1) is 40.8 Å². The van der Waals surface area contributed by atoms with Gasteiger partial charge in [-0.1, -0.05) is 52.0 Å². The molecule has 2 aromatic carbocycles. The Hall–Kier alpha value is -4.51. The minimum absolute atomic E-state index is 0.0635. The molecule has 1 amide bonds. The normalized spacial score (nSPS) is 23.9. The van der Waals surface area contributed by atoms with Crippen LogP contribution >= 0.6 is 0 Å². The number of anilines is 2. The number of hydrogen-bond acceptors (Lipinski definition) is 8. The predicted molar refractivity (Wildman–Crippen MR) is 195 cm³/mol. The number of aromatic nitrogens is 3. The van der Waals surface area contributed by atoms with E-state index in [-0.39, 0.29) is 52.3 Å². The summed E-state index contributed by atoms with van der Waals surface area (Å²) in [6, 6.07) is 17.5. The molecule has 3 fully saturated rings. The highest BCUT2D eigenvalue weighted by Crippen LogP contribution is 2.69. The van der Waals surface area contributed by atoms with E-state index in [0.29, 0.717) is 17.5 Å². The Morgan fingerprint density at radius 2 is 1.70 bits per heavy atom. The number of hydrogen-bond donors (Lipinski definition) is 1. The van der Waals surface area contributed by atoms with Crippen molar-refractivity contribution in [2.75, 3.05) is 23.3 Å². The highest BCUT2D eigenvalue weighted by molar-refractivity contribution is 7.92. The third kappa shape index (κ3) is 6.43. The maximum atomic E-state index is 14.5. The first-order valence-electron chi connectivity index (χ1n) is 17.2. The lowest BCUT2D eigenvalue weighted by Gasteiger charge is -2.73. The van der Waals surface area contributed by atoms with E-state index in [2.05, 4.69) is 60.4 Å². The van der Waals surface area contributed by atoms with Gasteiger partial charge in [-0.2, -0.15) is 4.98 Å². The van der Waals surface area contributed by atoms with Crippen molar-refractivity contribution in [3.63, 3.8) is 0 Å². The Morgan fingerprint density at radius 1 is 1.00 bits per heavy atom. The smallest absolute Gasteiger partial charge is 0.264 e. The quantitative estimate of drug-likeness (QED) is 0.226. The number of amides is 1. The van der Waals surface area contributed by atoms with E-state index in [1.165, 1.54) is 31.4 Å². The van der Waals surface area contributed by atoms with Crippen molar-refractivity contribution >= 4 is 27.6 Å². The van der Waals surface area contributed by atoms with Crippen LogP contribution in [0, 0.1) is 24.7 Å². The van der Waals surface area contributed by atoms with E-state index >= 15 is 0 Å². The van der Waals surface area contributed by atoms with E-state index < -0.39 is 16.1 Å². The van der Waals surface area contributed by atoms with Crippen LogP contribution in [0.1, 0.15) is 80.6 Å². The maximum Gasteiger partial charge on any atom is 0.264 e. The number of aryl methyl sites for hydroxylation is 2. The van der Waals surface area contributed by atoms with Crippen LogP contribution < -0.4 is 14.4 Å². The topological polar surface area (TPSA) is 118 Å². The summed E-state index contributed by atoms with van der Waals surface area (Å²) in [5.74, 6) is -0.207. The van der Waals surface area contributed by atoms with Crippen molar-refractivity contribution in [3.05, 3.63) is 89.2 Å². The zero-order valence-corrected chi connectivity index (χ0v) is 30.8. The molecule has 0 radical (unpaired) electrons. The summed E-state index contributed by atoms with van der Waals surface area (Å²) in [5.41, 5.74) is 5.98. The molecule has 8 rings (SSSR count). The number of rotatable bonds is 6. The first-order chi connectivity index (χ1) is 23.5. The molecule has 11 heteroatoms. The van der Waals surface area contributed by atoms with Crippen molar-refractivity contribution in [1.82, 2.24) is 19.9 Å². The number of carbonyl (C=O) groups excluding carboxylic acids is 1. The van der Waals surface area contributed by atoms with Crippen LogP contribution in [0.5, 0.6) is 5.88 Å². The van der Waals surface area contributed by atoms with Gasteiger partial charge in [0.15, 0.2) is 0 Å². The van der Waals surface area contributed by atoms with Gasteiger partial charge < -0.3 is 14.5 Å². The van der Waals surface area contributed by atoms with Crippen molar-refractivity contribution in [3.8, 4) is 17.1 Å². The Balaban J connectivity index is 1.28. The van der Waals surface area contributed by atoms with Gasteiger partial charge in [0, 0.05) is 29.8 Å². The molecule has 0 saturated heterocycles. The first-order valence-corrected chi connectivity index (χ1v) is 18.7. The number of sulfonamides is 1. The summed E-state index contributed by atoms with van der Waals surface area (Å²) in [7, 11) is -2.01. The van der Waals surface area contributed by atoms with Crippen LogP contribution in [0.4, 0.5) is 11.6 Å². The molecule has 4 aliphatic rings. The molecule has 6 bridgehead atoms. The predicted octanol–water partition coefficient (Wildman–Crippen LogP) is 7.17. The second kappa shape index (κ2) is 12.1. The zero-order valence-electron chi connectivity index (χ0n) is 29.9. The van der Waals surface area contributed by atoms with E-state index in [1.54, 1.807) is 23.1 Å². The molecule has 4 aromatic rings. The Morgan fingerprint density at radius 3 is 2.34 bits per heavy atom. The van der Waals surface area contributed by atoms with Crippen molar-refractivity contribution in [2.45, 2.75) is 90.2 Å². The number of benzene rings is 2. The second-order valence-corrected chi connectivity index (χ2v) is 17.8. The number of fused-ring (bicyclic) bond motifs is 4. The fourth-order valence-electron chi connectivity index (χ4n) is 8.29. The fourth-order valence-corrected chi connectivity index (χ4v) is 9.28. The largest absolute Gasteiger partial charge is 0.475 e. The zero-order chi connectivity index (χ0) is 35.6. The molecular formula is C39H46N6O4S. The second-order valence-electron chi connectivity index (χ2n) is 16.1. The molecule has 1 atom stereocenters. The van der Waals surface area contributed by atoms with Gasteiger partial charge in [-0.05, 0) is 91.8 Å². The molecule has 0 unspecified atom stereocenters. The summed E-state index contributed by atoms with van der Waals surface area (Å²) >= 11 is 0. The maximum absolute atomic E-state index is 14.5. The minimum atomic E-state index is -4.16. The molecule has 262 valence electrons. The van der Waals surface area contributed by atoms with Gasteiger partial charge >= 0.3 is 0 Å². The number of nitrogens with zero attached hydrogens (tertiary/aromatic N) is 5. The highest BCUT2D eigenvalue weighted by Gasteiger charge is 2.67. The van der Waals surface area contributed by atoms with E-state index in [9.17, 15) is 13.2 Å². The van der Waals surface area contributed by atoms with Gasteiger partial charge in [0.25, 0.3) is 15.9 Å². The number of nitrogens with one attached hydrogen (secondary N) is 1. The van der Waals surface area contributed by atoms with Gasteiger partial charge in [-0.3, -0.25) is 9.78 Å². The molecule has 1 aliphatic heterocycles. The molecule has 50 heavy (non-hydrogen) atoms. The number of carbonyl (C=O) groups is 1. The molecule has 3 heterocycles. The van der Waals surface area contributed by atoms with Crippen molar-refractivity contribution in [1.29, 1.82) is 0 Å². The van der Waals surface area contributed by atoms with Gasteiger partial charge in [-0.15, -0.1) is 0 Å². The van der Waals surface area contributed by atoms with Gasteiger partial charge in [-0.25, -0.2) is 18.1 Å². The SMILES string of the molecule is Cc1cccc(C)c1-c1cc2nc(n1)NS(=O)(=O)c1cccc(c1)C(=O)N(Cc1ccc(N(C)C34CC(C)(C3)C4)cn1)[C@H](CC(C)(C)C)CO2. The number of ether oxygens (including phenoxy) is 1. The molecule has 3 aliphatic carbocycles. The van der Waals surface area contributed by atoms with Crippen LogP contribution in [-0.2, 0) is 16.6 Å². The van der Waals surface area contributed by atoms with Crippen molar-refractivity contribution < 1.29 is 17.9 Å². The summed E-state index contributed by atoms with van der Waals surface area (Å²) in [6.45, 7) is 13.1. The Kier molecular flexibility index (Phi) is 8.20. The highest BCUT2D eigenvalue weighted by atomic mass is 32.2. The minimum Gasteiger partial charge on any atom is -0.475 e. The van der Waals surface area contributed by atoms with Crippen LogP contribution in [0.15, 0.2) is 71.8 Å². The molecule has 1 N–H and O–H groups in total. The third-order valence-electron chi connectivity index (χ3n) is 10.5. The van der Waals surface area contributed by atoms with E-state index in [4.69, 9.17) is 9.72 Å². The van der Waals surface area contributed by atoms with Crippen LogP contribution in [-0.4, -0.2) is 59.4 Å². The molecule has 0 spiro atoms. The van der Waals surface area contributed by atoms with Crippen LogP contribution in [0.2, 0.25) is 0 Å². The third-order valence-corrected chi connectivity index (χ3v) is 11.9. The molecule has 3 saturated carbocycles. The van der Waals surface area contributed by atoms with E-state index in [1.807, 2.05) is 44.3 Å². The number of pyridine rings is 1. The average Bonchev–Trinajstić information content (AvgIpc) is 3.02. The summed E-state index contributed by atoms with van der Waals surface area (Å²) in [4.78, 5) is 32.5. The summed E-state index contributed by atoms with van der Waals surface area (Å²) in [5, 5.41) is 0. The molecular weight excluding hydrogens is 649 g/mol. The Bertz CT molecular complexity index is 2040. The lowest BCUT2D eigenvalue weighted by molar-refractivity contribution is -0.117. The van der Waals surface area contributed by atoms with Crippen LogP contribution in [0.25, 0.3) is 11.3 Å². The first kappa shape index (κ1) is 34.0. The van der Waals surface area contributed by atoms with Gasteiger partial charge in [0.2, 0.25) is 11.8 Å².